The Bertz CT molecular complexity index is 1320. The minimum atomic E-state index is -0.874. The van der Waals surface area contributed by atoms with Crippen LogP contribution < -0.4 is 37.0 Å². The second kappa shape index (κ2) is 24.9. The zero-order chi connectivity index (χ0) is 39.2. The van der Waals surface area contributed by atoms with E-state index in [-0.39, 0.29) is 90.8 Å². The SMILES string of the molecule is CCOCCC(=O)NC(CC(=O)NCCNC(=O)CCN1C(=O)CC(N/B=N/P)C1=O)CC(=O)NCCNC(=O)CCN1C(=O)CC(N/B=N/P)C1=O. The van der Waals surface area contributed by atoms with Crippen molar-refractivity contribution >= 4 is 86.4 Å². The van der Waals surface area contributed by atoms with Crippen LogP contribution in [-0.2, 0) is 47.9 Å². The summed E-state index contributed by atoms with van der Waals surface area (Å²) in [5.41, 5.74) is 0. The first-order chi connectivity index (χ1) is 25.4. The van der Waals surface area contributed by atoms with Gasteiger partial charge in [0.25, 0.3) is 0 Å². The summed E-state index contributed by atoms with van der Waals surface area (Å²) in [6, 6.07) is -2.35. The number of ether oxygens (including phenoxy) is 1. The number of carbonyl (C=O) groups is 9. The molecule has 9 amide bonds. The average Bonchev–Trinajstić information content (AvgIpc) is 3.55. The summed E-state index contributed by atoms with van der Waals surface area (Å²) in [5.74, 6) is -4.00. The van der Waals surface area contributed by atoms with Crippen molar-refractivity contribution in [3.8, 4) is 0 Å². The van der Waals surface area contributed by atoms with Crippen molar-refractivity contribution in [2.24, 2.45) is 9.33 Å². The van der Waals surface area contributed by atoms with Crippen molar-refractivity contribution < 1.29 is 47.9 Å². The molecule has 2 aliphatic rings. The average molecular weight is 781 g/mol. The molecule has 4 unspecified atom stereocenters. The van der Waals surface area contributed by atoms with Gasteiger partial charge in [-0.2, -0.15) is 0 Å². The van der Waals surface area contributed by atoms with Gasteiger partial charge in [0, 0.05) is 31.9 Å². The molecule has 0 bridgehead atoms. The standard InChI is InChI=1S/C28H47B2N11O10P2/c1-2-51-12-5-22(44)35-17(13-23(45)33-8-6-31-20(42)3-10-40-25(47)15-18(27(40)49)36-29-38-52)14-24(46)34-9-7-32-21(43)4-11-41-26(48)16-19(28(41)50)37-30-39-53/h17-19,36-37H,2-16,52-53H2,1H3,(H,31,42)(H,32,43)(H,33,45)(H,34,46)(H,35,44). The van der Waals surface area contributed by atoms with Gasteiger partial charge < -0.3 is 10.1 Å². The van der Waals surface area contributed by atoms with Crippen LogP contribution in [-0.4, -0.2) is 148 Å². The molecule has 2 saturated heterocycles. The first-order valence-corrected chi connectivity index (χ1v) is 18.0. The fourth-order valence-corrected chi connectivity index (χ4v) is 5.32. The van der Waals surface area contributed by atoms with Crippen LogP contribution in [0.5, 0.6) is 0 Å². The summed E-state index contributed by atoms with van der Waals surface area (Å²) < 4.78 is 12.5. The number of nitrogens with one attached hydrogen (secondary N) is 7. The molecule has 0 aromatic heterocycles. The zero-order valence-corrected chi connectivity index (χ0v) is 31.8. The van der Waals surface area contributed by atoms with Crippen LogP contribution in [0.1, 0.15) is 51.9 Å². The third-order valence-electron chi connectivity index (χ3n) is 7.76. The third kappa shape index (κ3) is 17.0. The summed E-state index contributed by atoms with van der Waals surface area (Å²) in [6.07, 6.45) is -0.814. The monoisotopic (exact) mass is 781 g/mol. The summed E-state index contributed by atoms with van der Waals surface area (Å²) >= 11 is 0. The van der Waals surface area contributed by atoms with E-state index in [4.69, 9.17) is 4.74 Å². The number of rotatable bonds is 25. The summed E-state index contributed by atoms with van der Waals surface area (Å²) in [4.78, 5) is 113. The van der Waals surface area contributed by atoms with Gasteiger partial charge in [0.05, 0.1) is 6.61 Å². The van der Waals surface area contributed by atoms with Crippen LogP contribution >= 0.6 is 18.8 Å². The fraction of sp³-hybridized carbons (Fsp3) is 0.679. The van der Waals surface area contributed by atoms with Crippen LogP contribution in [0.25, 0.3) is 0 Å². The molecule has 0 aromatic carbocycles. The normalized spacial score (nSPS) is 17.4. The van der Waals surface area contributed by atoms with Crippen LogP contribution in [0.15, 0.2) is 9.33 Å². The first kappa shape index (κ1) is 44.9. The van der Waals surface area contributed by atoms with Crippen LogP contribution in [0.2, 0.25) is 0 Å². The van der Waals surface area contributed by atoms with Gasteiger partial charge in [-0.15, -0.1) is 0 Å². The number of carbonyl (C=O) groups excluding carboxylic acids is 9. The van der Waals surface area contributed by atoms with Crippen molar-refractivity contribution in [3.63, 3.8) is 0 Å². The number of hydrogen-bond acceptors (Lipinski definition) is 12. The van der Waals surface area contributed by atoms with Gasteiger partial charge in [-0.1, -0.05) is 0 Å². The van der Waals surface area contributed by atoms with Crippen molar-refractivity contribution in [2.45, 2.75) is 70.0 Å². The molecule has 0 aromatic rings. The summed E-state index contributed by atoms with van der Waals surface area (Å²) in [5, 5.41) is 18.5. The van der Waals surface area contributed by atoms with Gasteiger partial charge in [-0.25, -0.2) is 0 Å². The van der Waals surface area contributed by atoms with Crippen LogP contribution in [0, 0.1) is 0 Å². The second-order valence-electron chi connectivity index (χ2n) is 11.7. The predicted octanol–water partition coefficient (Wildman–Crippen LogP) is -4.46. The van der Waals surface area contributed by atoms with E-state index in [2.05, 4.69) is 65.2 Å². The molecule has 290 valence electrons. The molecule has 21 nitrogen and oxygen atoms in total. The minimum absolute atomic E-state index is 0.0154. The van der Waals surface area contributed by atoms with E-state index >= 15 is 0 Å². The molecule has 4 atom stereocenters. The quantitative estimate of drug-likeness (QED) is 0.0200. The Balaban J connectivity index is 1.72. The molecule has 0 radical (unpaired) electrons. The summed E-state index contributed by atoms with van der Waals surface area (Å²) in [7, 11) is 6.77. The summed E-state index contributed by atoms with van der Waals surface area (Å²) in [6.45, 7) is 2.33. The molecule has 7 N–H and O–H groups in total. The van der Waals surface area contributed by atoms with Gasteiger partial charge in [0.2, 0.25) is 5.91 Å². The number of amides is 9. The fourth-order valence-electron chi connectivity index (χ4n) is 5.15. The molecule has 2 aliphatic heterocycles. The number of likely N-dealkylation sites (tertiary alicyclic amines) is 2. The Morgan fingerprint density at radius 2 is 1.11 bits per heavy atom. The molecule has 0 aliphatic carbocycles. The predicted molar refractivity (Wildman–Crippen MR) is 196 cm³/mol. The second-order valence-corrected chi connectivity index (χ2v) is 12.3. The van der Waals surface area contributed by atoms with E-state index < -0.39 is 71.3 Å². The Hall–Kier alpha value is -4.22. The van der Waals surface area contributed by atoms with Crippen LogP contribution in [0.3, 0.4) is 0 Å². The molecule has 25 heteroatoms. The maximum absolute atomic E-state index is 12.7. The van der Waals surface area contributed by atoms with E-state index in [9.17, 15) is 43.2 Å². The molecule has 2 rings (SSSR count). The molecular weight excluding hydrogens is 734 g/mol. The van der Waals surface area contributed by atoms with Crippen molar-refractivity contribution in [3.05, 3.63) is 0 Å². The van der Waals surface area contributed by atoms with Gasteiger partial charge >= 0.3 is 237 Å². The van der Waals surface area contributed by atoms with Crippen LogP contribution in [0.4, 0.5) is 0 Å². The molecule has 2 heterocycles. The van der Waals surface area contributed by atoms with E-state index in [1.165, 1.54) is 14.4 Å². The van der Waals surface area contributed by atoms with Crippen molar-refractivity contribution in [2.75, 3.05) is 52.5 Å². The third-order valence-corrected chi connectivity index (χ3v) is 8.06. The molecule has 2 fully saturated rings. The number of hydrogen-bond donors (Lipinski definition) is 7. The zero-order valence-electron chi connectivity index (χ0n) is 29.5. The van der Waals surface area contributed by atoms with Gasteiger partial charge in [0.1, 0.15) is 0 Å². The number of imide groups is 2. The topological polar surface area (TPSA) is 278 Å². The van der Waals surface area contributed by atoms with E-state index in [0.717, 1.165) is 9.80 Å². The Labute approximate surface area is 312 Å². The van der Waals surface area contributed by atoms with Gasteiger partial charge in [0.15, 0.2) is 0 Å². The Morgan fingerprint density at radius 1 is 0.698 bits per heavy atom. The maximum atomic E-state index is 12.7. The first-order valence-electron chi connectivity index (χ1n) is 17.0. The molecule has 53 heavy (non-hydrogen) atoms. The Morgan fingerprint density at radius 3 is 1.51 bits per heavy atom. The molecule has 0 spiro atoms. The van der Waals surface area contributed by atoms with Crippen molar-refractivity contribution in [1.82, 2.24) is 46.8 Å². The van der Waals surface area contributed by atoms with E-state index in [0.29, 0.717) is 6.61 Å². The van der Waals surface area contributed by atoms with Crippen molar-refractivity contribution in [1.29, 1.82) is 0 Å². The van der Waals surface area contributed by atoms with Gasteiger partial charge in [-0.05, 0) is 6.92 Å². The number of nitrogens with zero attached hydrogens (tertiary/aromatic N) is 4. The van der Waals surface area contributed by atoms with E-state index in [1.807, 2.05) is 0 Å². The van der Waals surface area contributed by atoms with Gasteiger partial charge in [-0.3, -0.25) is 14.4 Å². The molecule has 0 saturated carbocycles. The van der Waals surface area contributed by atoms with E-state index in [1.54, 1.807) is 6.92 Å². The molecular formula is C28H47B2N11O10P2. The Kier molecular flexibility index (Phi) is 21.1.